The van der Waals surface area contributed by atoms with E-state index in [-0.39, 0.29) is 0 Å². The van der Waals surface area contributed by atoms with Crippen LogP contribution in [-0.4, -0.2) is 58.7 Å². The Morgan fingerprint density at radius 2 is 1.71 bits per heavy atom. The van der Waals surface area contributed by atoms with Crippen LogP contribution in [0.15, 0.2) is 35.2 Å². The number of rotatable bonds is 4. The summed E-state index contributed by atoms with van der Waals surface area (Å²) < 4.78 is 29.1. The van der Waals surface area contributed by atoms with Crippen molar-refractivity contribution in [1.82, 2.24) is 24.1 Å². The molecule has 0 amide bonds. The van der Waals surface area contributed by atoms with E-state index in [1.54, 1.807) is 28.6 Å². The highest BCUT2D eigenvalue weighted by Gasteiger charge is 2.30. The van der Waals surface area contributed by atoms with Crippen LogP contribution in [0.5, 0.6) is 0 Å². The van der Waals surface area contributed by atoms with Gasteiger partial charge in [-0.25, -0.2) is 18.4 Å². The molecule has 148 valence electrons. The molecule has 0 atom stereocenters. The fraction of sp³-hybridized carbons (Fsp3) is 0.421. The highest BCUT2D eigenvalue weighted by molar-refractivity contribution is 7.89. The minimum absolute atomic E-state index is 0.336. The summed E-state index contributed by atoms with van der Waals surface area (Å²) in [4.78, 5) is 11.9. The van der Waals surface area contributed by atoms with E-state index in [0.29, 0.717) is 31.1 Å². The number of aryl methyl sites for hydroxylation is 3. The van der Waals surface area contributed by atoms with Crippen LogP contribution in [0.4, 0.5) is 5.82 Å². The summed E-state index contributed by atoms with van der Waals surface area (Å²) in [5.41, 5.74) is 2.64. The molecule has 3 heterocycles. The number of hydrogen-bond acceptors (Lipinski definition) is 6. The highest BCUT2D eigenvalue weighted by Crippen LogP contribution is 2.27. The summed E-state index contributed by atoms with van der Waals surface area (Å²) in [6, 6.07) is 8.59. The Kier molecular flexibility index (Phi) is 4.80. The molecule has 0 saturated carbocycles. The SMILES string of the molecule is CCc1nc(N2CCN(S(=O)(=O)c3ccccc3)CC2)c2c(n1)c(C)nn2C. The van der Waals surface area contributed by atoms with E-state index in [1.807, 2.05) is 31.6 Å². The number of fused-ring (bicyclic) bond motifs is 1. The first-order chi connectivity index (χ1) is 13.4. The largest absolute Gasteiger partial charge is 0.352 e. The van der Waals surface area contributed by atoms with E-state index in [1.165, 1.54) is 0 Å². The molecular weight excluding hydrogens is 376 g/mol. The van der Waals surface area contributed by atoms with Gasteiger partial charge in [0.25, 0.3) is 0 Å². The van der Waals surface area contributed by atoms with Gasteiger partial charge in [-0.15, -0.1) is 0 Å². The summed E-state index contributed by atoms with van der Waals surface area (Å²) in [5, 5.41) is 4.50. The number of aromatic nitrogens is 4. The average molecular weight is 401 g/mol. The van der Waals surface area contributed by atoms with Crippen LogP contribution in [0.1, 0.15) is 18.4 Å². The molecule has 3 aromatic rings. The second-order valence-corrected chi connectivity index (χ2v) is 8.87. The van der Waals surface area contributed by atoms with Crippen molar-refractivity contribution in [2.24, 2.45) is 7.05 Å². The normalized spacial score (nSPS) is 16.0. The van der Waals surface area contributed by atoms with Gasteiger partial charge in [0.15, 0.2) is 5.82 Å². The van der Waals surface area contributed by atoms with Crippen LogP contribution in [0.25, 0.3) is 11.0 Å². The van der Waals surface area contributed by atoms with Crippen LogP contribution in [-0.2, 0) is 23.5 Å². The van der Waals surface area contributed by atoms with Crippen LogP contribution >= 0.6 is 0 Å². The lowest BCUT2D eigenvalue weighted by Gasteiger charge is -2.35. The molecule has 9 heteroatoms. The van der Waals surface area contributed by atoms with Crippen molar-refractivity contribution in [1.29, 1.82) is 0 Å². The molecular formula is C19H24N6O2S. The smallest absolute Gasteiger partial charge is 0.243 e. The standard InChI is InChI=1S/C19H24N6O2S/c1-4-16-20-17-14(2)22-23(3)18(17)19(21-16)24-10-12-25(13-11-24)28(26,27)15-8-6-5-7-9-15/h5-9H,4,10-13H2,1-3H3. The summed E-state index contributed by atoms with van der Waals surface area (Å²) in [6.07, 6.45) is 0.736. The van der Waals surface area contributed by atoms with E-state index in [2.05, 4.69) is 15.0 Å². The van der Waals surface area contributed by atoms with Gasteiger partial charge in [-0.3, -0.25) is 4.68 Å². The zero-order chi connectivity index (χ0) is 19.9. The van der Waals surface area contributed by atoms with Gasteiger partial charge >= 0.3 is 0 Å². The van der Waals surface area contributed by atoms with Crippen LogP contribution < -0.4 is 4.90 Å². The van der Waals surface area contributed by atoms with E-state index in [0.717, 1.165) is 34.8 Å². The lowest BCUT2D eigenvalue weighted by Crippen LogP contribution is -2.49. The number of piperazine rings is 1. The molecule has 8 nitrogen and oxygen atoms in total. The van der Waals surface area contributed by atoms with E-state index >= 15 is 0 Å². The van der Waals surface area contributed by atoms with Gasteiger partial charge in [-0.2, -0.15) is 9.40 Å². The fourth-order valence-electron chi connectivity index (χ4n) is 3.62. The minimum Gasteiger partial charge on any atom is -0.352 e. The lowest BCUT2D eigenvalue weighted by molar-refractivity contribution is 0.384. The van der Waals surface area contributed by atoms with Crippen molar-refractivity contribution in [2.45, 2.75) is 25.2 Å². The first kappa shape index (κ1) is 18.8. The lowest BCUT2D eigenvalue weighted by atomic mass is 10.3. The van der Waals surface area contributed by atoms with E-state index in [9.17, 15) is 8.42 Å². The number of sulfonamides is 1. The first-order valence-electron chi connectivity index (χ1n) is 9.42. The number of nitrogens with zero attached hydrogens (tertiary/aromatic N) is 6. The maximum atomic E-state index is 12.9. The summed E-state index contributed by atoms with van der Waals surface area (Å²) in [7, 11) is -1.58. The van der Waals surface area contributed by atoms with E-state index < -0.39 is 10.0 Å². The molecule has 0 bridgehead atoms. The zero-order valence-corrected chi connectivity index (χ0v) is 17.1. The molecule has 0 N–H and O–H groups in total. The van der Waals surface area contributed by atoms with Crippen LogP contribution in [0.3, 0.4) is 0 Å². The number of benzene rings is 1. The summed E-state index contributed by atoms with van der Waals surface area (Å²) in [5.74, 6) is 1.61. The second-order valence-electron chi connectivity index (χ2n) is 6.93. The molecule has 2 aromatic heterocycles. The van der Waals surface area contributed by atoms with Gasteiger partial charge in [0.2, 0.25) is 10.0 Å². The molecule has 1 fully saturated rings. The Hall–Kier alpha value is -2.52. The van der Waals surface area contributed by atoms with Crippen molar-refractivity contribution in [2.75, 3.05) is 31.1 Å². The molecule has 1 aliphatic rings. The monoisotopic (exact) mass is 400 g/mol. The molecule has 28 heavy (non-hydrogen) atoms. The Labute approximate surface area is 164 Å². The van der Waals surface area contributed by atoms with Crippen molar-refractivity contribution in [3.63, 3.8) is 0 Å². The van der Waals surface area contributed by atoms with Gasteiger partial charge < -0.3 is 4.90 Å². The molecule has 1 aromatic carbocycles. The Bertz CT molecular complexity index is 1100. The third-order valence-corrected chi connectivity index (χ3v) is 7.03. The van der Waals surface area contributed by atoms with Crippen LogP contribution in [0.2, 0.25) is 0 Å². The molecule has 1 aliphatic heterocycles. The molecule has 0 unspecified atom stereocenters. The maximum absolute atomic E-state index is 12.9. The van der Waals surface area contributed by atoms with Gasteiger partial charge in [-0.05, 0) is 19.1 Å². The Morgan fingerprint density at radius 3 is 2.36 bits per heavy atom. The molecule has 1 saturated heterocycles. The summed E-state index contributed by atoms with van der Waals surface area (Å²) in [6.45, 7) is 5.96. The highest BCUT2D eigenvalue weighted by atomic mass is 32.2. The fourth-order valence-corrected chi connectivity index (χ4v) is 5.06. The van der Waals surface area contributed by atoms with Crippen molar-refractivity contribution >= 4 is 26.9 Å². The number of hydrogen-bond donors (Lipinski definition) is 0. The van der Waals surface area contributed by atoms with Crippen molar-refractivity contribution < 1.29 is 8.42 Å². The zero-order valence-electron chi connectivity index (χ0n) is 16.3. The van der Waals surface area contributed by atoms with E-state index in [4.69, 9.17) is 4.98 Å². The second kappa shape index (κ2) is 7.14. The average Bonchev–Trinajstić information content (AvgIpc) is 3.01. The Morgan fingerprint density at radius 1 is 1.04 bits per heavy atom. The topological polar surface area (TPSA) is 84.2 Å². The third-order valence-electron chi connectivity index (χ3n) is 5.11. The van der Waals surface area contributed by atoms with Gasteiger partial charge in [0.05, 0.1) is 10.6 Å². The molecule has 4 rings (SSSR count). The predicted molar refractivity (Wildman–Crippen MR) is 108 cm³/mol. The third kappa shape index (κ3) is 3.14. The maximum Gasteiger partial charge on any atom is 0.243 e. The molecule has 0 radical (unpaired) electrons. The summed E-state index contributed by atoms with van der Waals surface area (Å²) >= 11 is 0. The van der Waals surface area contributed by atoms with Crippen LogP contribution in [0, 0.1) is 6.92 Å². The van der Waals surface area contributed by atoms with Gasteiger partial charge in [-0.1, -0.05) is 25.1 Å². The predicted octanol–water partition coefficient (Wildman–Crippen LogP) is 1.75. The van der Waals surface area contributed by atoms with Crippen molar-refractivity contribution in [3.05, 3.63) is 41.9 Å². The first-order valence-corrected chi connectivity index (χ1v) is 10.9. The Balaban J connectivity index is 1.63. The van der Waals surface area contributed by atoms with Gasteiger partial charge in [0.1, 0.15) is 16.9 Å². The molecule has 0 spiro atoms. The quantitative estimate of drug-likeness (QED) is 0.663. The number of anilines is 1. The van der Waals surface area contributed by atoms with Crippen molar-refractivity contribution in [3.8, 4) is 0 Å². The van der Waals surface area contributed by atoms with Gasteiger partial charge in [0, 0.05) is 39.6 Å². The minimum atomic E-state index is -3.47. The molecule has 0 aliphatic carbocycles.